The van der Waals surface area contributed by atoms with Crippen LogP contribution in [0.2, 0.25) is 10.0 Å². The van der Waals surface area contributed by atoms with Crippen molar-refractivity contribution in [2.24, 2.45) is 0 Å². The summed E-state index contributed by atoms with van der Waals surface area (Å²) in [6, 6.07) is 18.7. The van der Waals surface area contributed by atoms with Crippen LogP contribution in [0.5, 0.6) is 0 Å². The minimum absolute atomic E-state index is 0.00976. The van der Waals surface area contributed by atoms with Crippen LogP contribution >= 0.6 is 39.1 Å². The van der Waals surface area contributed by atoms with Crippen molar-refractivity contribution in [1.29, 1.82) is 0 Å². The van der Waals surface area contributed by atoms with Crippen molar-refractivity contribution in [3.63, 3.8) is 0 Å². The normalized spacial score (nSPS) is 12.5. The van der Waals surface area contributed by atoms with Crippen molar-refractivity contribution in [2.45, 2.75) is 50.7 Å². The van der Waals surface area contributed by atoms with Gasteiger partial charge >= 0.3 is 0 Å². The van der Waals surface area contributed by atoms with E-state index >= 15 is 0 Å². The highest BCUT2D eigenvalue weighted by atomic mass is 79.9. The number of hydrogen-bond donors (Lipinski definition) is 1. The highest BCUT2D eigenvalue weighted by Gasteiger charge is 2.34. The standard InChI is InChI=1S/C28H30BrCl2N3O4S/c1-19(27(36)32-28(2,3)4)33(17-20-13-15-21(29)16-14-20)25(35)18-34(24-12-8-11-23(30)26(24)31)39(37,38)22-9-6-5-7-10-22/h5-16,19H,17-18H2,1-4H3,(H,32,36). The SMILES string of the molecule is CC(C(=O)NC(C)(C)C)N(Cc1ccc(Br)cc1)C(=O)CN(c1cccc(Cl)c1Cl)S(=O)(=O)c1ccccc1. The highest BCUT2D eigenvalue weighted by molar-refractivity contribution is 9.10. The van der Waals surface area contributed by atoms with Crippen LogP contribution in [0.1, 0.15) is 33.3 Å². The van der Waals surface area contributed by atoms with Crippen molar-refractivity contribution in [3.05, 3.63) is 92.9 Å². The highest BCUT2D eigenvalue weighted by Crippen LogP contribution is 2.35. The van der Waals surface area contributed by atoms with E-state index in [1.165, 1.54) is 29.2 Å². The molecule has 0 aromatic heterocycles. The molecule has 11 heteroatoms. The molecule has 0 aliphatic rings. The molecule has 0 heterocycles. The molecule has 3 aromatic carbocycles. The monoisotopic (exact) mass is 653 g/mol. The van der Waals surface area contributed by atoms with E-state index in [-0.39, 0.29) is 33.1 Å². The van der Waals surface area contributed by atoms with E-state index in [4.69, 9.17) is 23.2 Å². The zero-order valence-corrected chi connectivity index (χ0v) is 25.9. The van der Waals surface area contributed by atoms with Crippen LogP contribution < -0.4 is 9.62 Å². The van der Waals surface area contributed by atoms with Crippen LogP contribution in [0.15, 0.2) is 82.2 Å². The number of carbonyl (C=O) groups excluding carboxylic acids is 2. The van der Waals surface area contributed by atoms with Gasteiger partial charge < -0.3 is 10.2 Å². The molecule has 208 valence electrons. The minimum Gasteiger partial charge on any atom is -0.350 e. The van der Waals surface area contributed by atoms with Crippen molar-refractivity contribution < 1.29 is 18.0 Å². The predicted octanol–water partition coefficient (Wildman–Crippen LogP) is 6.28. The van der Waals surface area contributed by atoms with Crippen molar-refractivity contribution in [3.8, 4) is 0 Å². The number of benzene rings is 3. The average Bonchev–Trinajstić information content (AvgIpc) is 2.87. The lowest BCUT2D eigenvalue weighted by Gasteiger charge is -2.33. The summed E-state index contributed by atoms with van der Waals surface area (Å²) in [4.78, 5) is 28.4. The summed E-state index contributed by atoms with van der Waals surface area (Å²) in [5.74, 6) is -0.962. The van der Waals surface area contributed by atoms with E-state index in [1.54, 1.807) is 31.2 Å². The van der Waals surface area contributed by atoms with Crippen molar-refractivity contribution >= 4 is 66.7 Å². The largest absolute Gasteiger partial charge is 0.350 e. The molecule has 0 aliphatic heterocycles. The summed E-state index contributed by atoms with van der Waals surface area (Å²) in [7, 11) is -4.24. The molecule has 1 N–H and O–H groups in total. The number of nitrogens with one attached hydrogen (secondary N) is 1. The van der Waals surface area contributed by atoms with Crippen molar-refractivity contribution in [1.82, 2.24) is 10.2 Å². The molecule has 7 nitrogen and oxygen atoms in total. The minimum atomic E-state index is -4.24. The van der Waals surface area contributed by atoms with Crippen LogP contribution in [-0.4, -0.2) is 43.3 Å². The molecule has 1 atom stereocenters. The molecule has 1 unspecified atom stereocenters. The van der Waals surface area contributed by atoms with Gasteiger partial charge in [0.25, 0.3) is 10.0 Å². The fourth-order valence-electron chi connectivity index (χ4n) is 3.76. The molecule has 0 bridgehead atoms. The van der Waals surface area contributed by atoms with Gasteiger partial charge in [-0.2, -0.15) is 0 Å². The summed E-state index contributed by atoms with van der Waals surface area (Å²) < 4.78 is 29.4. The number of amides is 2. The molecule has 0 saturated carbocycles. The van der Waals surface area contributed by atoms with Gasteiger partial charge in [0.05, 0.1) is 20.6 Å². The molecular weight excluding hydrogens is 625 g/mol. The maximum absolute atomic E-state index is 13.9. The molecule has 0 saturated heterocycles. The number of nitrogens with zero attached hydrogens (tertiary/aromatic N) is 2. The second-order valence-electron chi connectivity index (χ2n) is 9.96. The summed E-state index contributed by atoms with van der Waals surface area (Å²) in [5.41, 5.74) is 0.284. The van der Waals surface area contributed by atoms with Gasteiger partial charge in [-0.25, -0.2) is 8.42 Å². The van der Waals surface area contributed by atoms with Crippen LogP contribution in [0, 0.1) is 0 Å². The Morgan fingerprint density at radius 1 is 0.949 bits per heavy atom. The third kappa shape index (κ3) is 7.97. The first kappa shape index (κ1) is 30.9. The van der Waals surface area contributed by atoms with Crippen molar-refractivity contribution in [2.75, 3.05) is 10.8 Å². The van der Waals surface area contributed by atoms with Gasteiger partial charge in [0.2, 0.25) is 11.8 Å². The lowest BCUT2D eigenvalue weighted by molar-refractivity contribution is -0.140. The average molecular weight is 655 g/mol. The van der Waals surface area contributed by atoms with Gasteiger partial charge in [0.1, 0.15) is 12.6 Å². The van der Waals surface area contributed by atoms with E-state index in [1.807, 2.05) is 45.0 Å². The maximum Gasteiger partial charge on any atom is 0.264 e. The van der Waals surface area contributed by atoms with E-state index in [0.29, 0.717) is 0 Å². The first-order chi connectivity index (χ1) is 18.2. The Morgan fingerprint density at radius 2 is 1.56 bits per heavy atom. The molecule has 3 aromatic rings. The van der Waals surface area contributed by atoms with E-state index in [9.17, 15) is 18.0 Å². The third-order valence-electron chi connectivity index (χ3n) is 5.74. The molecule has 3 rings (SSSR count). The number of rotatable bonds is 9. The number of hydrogen-bond acceptors (Lipinski definition) is 4. The maximum atomic E-state index is 13.9. The van der Waals surface area contributed by atoms with Gasteiger partial charge in [-0.05, 0) is 69.7 Å². The van der Waals surface area contributed by atoms with Crippen LogP contribution in [0.4, 0.5) is 5.69 Å². The topological polar surface area (TPSA) is 86.8 Å². The van der Waals surface area contributed by atoms with Crippen LogP contribution in [-0.2, 0) is 26.2 Å². The number of carbonyl (C=O) groups is 2. The van der Waals surface area contributed by atoms with Gasteiger partial charge in [-0.1, -0.05) is 75.5 Å². The first-order valence-electron chi connectivity index (χ1n) is 12.1. The van der Waals surface area contributed by atoms with E-state index in [0.717, 1.165) is 14.3 Å². The van der Waals surface area contributed by atoms with Gasteiger partial charge in [-0.15, -0.1) is 0 Å². The molecular formula is C28H30BrCl2N3O4S. The van der Waals surface area contributed by atoms with E-state index in [2.05, 4.69) is 21.2 Å². The lowest BCUT2D eigenvalue weighted by Crippen LogP contribution is -2.54. The Labute approximate surface area is 248 Å². The summed E-state index contributed by atoms with van der Waals surface area (Å²) in [6.45, 7) is 6.60. The summed E-state index contributed by atoms with van der Waals surface area (Å²) in [6.07, 6.45) is 0. The molecule has 0 radical (unpaired) electrons. The second-order valence-corrected chi connectivity index (χ2v) is 13.5. The van der Waals surface area contributed by atoms with Gasteiger partial charge in [0.15, 0.2) is 0 Å². The summed E-state index contributed by atoms with van der Waals surface area (Å²) >= 11 is 16.1. The Hall–Kier alpha value is -2.59. The van der Waals surface area contributed by atoms with Gasteiger partial charge in [0, 0.05) is 16.6 Å². The zero-order valence-electron chi connectivity index (χ0n) is 22.0. The Morgan fingerprint density at radius 3 is 2.15 bits per heavy atom. The molecule has 0 spiro atoms. The number of anilines is 1. The lowest BCUT2D eigenvalue weighted by atomic mass is 10.1. The van der Waals surface area contributed by atoms with Crippen LogP contribution in [0.25, 0.3) is 0 Å². The first-order valence-corrected chi connectivity index (χ1v) is 15.1. The predicted molar refractivity (Wildman–Crippen MR) is 159 cm³/mol. The fourth-order valence-corrected chi connectivity index (χ4v) is 5.92. The Bertz CT molecular complexity index is 1430. The molecule has 2 amide bonds. The summed E-state index contributed by atoms with van der Waals surface area (Å²) in [5, 5.41) is 3.02. The quantitative estimate of drug-likeness (QED) is 0.294. The Kier molecular flexibility index (Phi) is 10.1. The zero-order chi connectivity index (χ0) is 29.0. The number of sulfonamides is 1. The third-order valence-corrected chi connectivity index (χ3v) is 8.85. The molecule has 39 heavy (non-hydrogen) atoms. The van der Waals surface area contributed by atoms with Gasteiger partial charge in [-0.3, -0.25) is 13.9 Å². The number of halogens is 3. The van der Waals surface area contributed by atoms with Crippen LogP contribution in [0.3, 0.4) is 0 Å². The molecule has 0 aliphatic carbocycles. The van der Waals surface area contributed by atoms with E-state index < -0.39 is 34.1 Å². The Balaban J connectivity index is 2.06. The smallest absolute Gasteiger partial charge is 0.264 e. The fraction of sp³-hybridized carbons (Fsp3) is 0.286. The molecule has 0 fully saturated rings. The second kappa shape index (κ2) is 12.7.